The fourth-order valence-electron chi connectivity index (χ4n) is 2.70. The van der Waals surface area contributed by atoms with Gasteiger partial charge in [0.1, 0.15) is 5.82 Å². The van der Waals surface area contributed by atoms with Crippen LogP contribution in [0, 0.1) is 6.92 Å². The summed E-state index contributed by atoms with van der Waals surface area (Å²) in [7, 11) is 0. The van der Waals surface area contributed by atoms with Crippen LogP contribution >= 0.6 is 0 Å². The minimum atomic E-state index is 0.362. The van der Waals surface area contributed by atoms with E-state index in [9.17, 15) is 0 Å². The molecule has 1 fully saturated rings. The summed E-state index contributed by atoms with van der Waals surface area (Å²) in [5.74, 6) is 0.833. The fourth-order valence-corrected chi connectivity index (χ4v) is 2.70. The summed E-state index contributed by atoms with van der Waals surface area (Å²) >= 11 is 0. The molecular weight excluding hydrogens is 248 g/mol. The maximum atomic E-state index is 4.63. The Labute approximate surface area is 117 Å². The number of H-pyrrole nitrogens is 1. The van der Waals surface area contributed by atoms with E-state index in [1.807, 2.05) is 25.1 Å². The molecule has 0 spiro atoms. The first-order valence-electron chi connectivity index (χ1n) is 6.97. The number of benzene rings is 1. The van der Waals surface area contributed by atoms with Gasteiger partial charge in [-0.05, 0) is 31.5 Å². The normalized spacial score (nSPS) is 18.1. The van der Waals surface area contributed by atoms with Crippen LogP contribution in [0.2, 0.25) is 0 Å². The summed E-state index contributed by atoms with van der Waals surface area (Å²) in [4.78, 5) is 12.7. The summed E-state index contributed by atoms with van der Waals surface area (Å²) in [5.41, 5.74) is 5.43. The standard InChI is InChI=1S/C16H16N4/c1-10-18-14-9-13(11-5-3-2-4-6-11)20-16(14)15(19-10)12-7-8-17-12/h2-6,9,12,17,20H,7-8H2,1H3. The van der Waals surface area contributed by atoms with E-state index in [-0.39, 0.29) is 0 Å². The molecule has 4 rings (SSSR count). The zero-order valence-corrected chi connectivity index (χ0v) is 11.4. The zero-order valence-electron chi connectivity index (χ0n) is 11.4. The van der Waals surface area contributed by atoms with E-state index >= 15 is 0 Å². The fraction of sp³-hybridized carbons (Fsp3) is 0.250. The molecule has 1 aliphatic heterocycles. The third kappa shape index (κ3) is 1.80. The Balaban J connectivity index is 1.90. The number of aromatic nitrogens is 3. The minimum absolute atomic E-state index is 0.362. The molecule has 1 atom stereocenters. The minimum Gasteiger partial charge on any atom is -0.352 e. The predicted molar refractivity (Wildman–Crippen MR) is 79.4 cm³/mol. The summed E-state index contributed by atoms with van der Waals surface area (Å²) in [6.45, 7) is 3.03. The summed E-state index contributed by atoms with van der Waals surface area (Å²) < 4.78 is 0. The predicted octanol–water partition coefficient (Wildman–Crippen LogP) is 2.97. The first-order valence-corrected chi connectivity index (χ1v) is 6.97. The Morgan fingerprint density at radius 3 is 2.65 bits per heavy atom. The third-order valence-corrected chi connectivity index (χ3v) is 3.86. The van der Waals surface area contributed by atoms with Crippen molar-refractivity contribution in [2.24, 2.45) is 0 Å². The zero-order chi connectivity index (χ0) is 13.5. The van der Waals surface area contributed by atoms with Crippen LogP contribution in [-0.4, -0.2) is 21.5 Å². The molecule has 1 saturated heterocycles. The van der Waals surface area contributed by atoms with Crippen molar-refractivity contribution in [2.75, 3.05) is 6.54 Å². The molecule has 0 saturated carbocycles. The van der Waals surface area contributed by atoms with E-state index in [2.05, 4.69) is 38.5 Å². The van der Waals surface area contributed by atoms with Crippen LogP contribution in [0.15, 0.2) is 36.4 Å². The van der Waals surface area contributed by atoms with Gasteiger partial charge < -0.3 is 10.3 Å². The Morgan fingerprint density at radius 1 is 1.15 bits per heavy atom. The van der Waals surface area contributed by atoms with Crippen LogP contribution in [0.25, 0.3) is 22.3 Å². The number of nitrogens with zero attached hydrogens (tertiary/aromatic N) is 2. The molecule has 2 aromatic heterocycles. The number of nitrogens with one attached hydrogen (secondary N) is 2. The molecule has 100 valence electrons. The van der Waals surface area contributed by atoms with Gasteiger partial charge in [0.05, 0.1) is 22.8 Å². The van der Waals surface area contributed by atoms with Gasteiger partial charge in [0.25, 0.3) is 0 Å². The quantitative estimate of drug-likeness (QED) is 0.748. The first kappa shape index (κ1) is 11.6. The Kier molecular flexibility index (Phi) is 2.57. The molecule has 1 aliphatic rings. The van der Waals surface area contributed by atoms with Crippen molar-refractivity contribution in [3.05, 3.63) is 47.9 Å². The van der Waals surface area contributed by atoms with Crippen LogP contribution in [-0.2, 0) is 0 Å². The number of hydrogen-bond acceptors (Lipinski definition) is 3. The molecule has 0 aliphatic carbocycles. The second-order valence-corrected chi connectivity index (χ2v) is 5.26. The monoisotopic (exact) mass is 264 g/mol. The van der Waals surface area contributed by atoms with Gasteiger partial charge in [-0.3, -0.25) is 0 Å². The maximum Gasteiger partial charge on any atom is 0.126 e. The molecule has 0 radical (unpaired) electrons. The van der Waals surface area contributed by atoms with Crippen molar-refractivity contribution < 1.29 is 0 Å². The van der Waals surface area contributed by atoms with Gasteiger partial charge in [0, 0.05) is 5.69 Å². The SMILES string of the molecule is Cc1nc(C2CCN2)c2[nH]c(-c3ccccc3)cc2n1. The number of aromatic amines is 1. The molecule has 3 heterocycles. The van der Waals surface area contributed by atoms with Crippen molar-refractivity contribution in [1.82, 2.24) is 20.3 Å². The molecule has 1 aromatic carbocycles. The second-order valence-electron chi connectivity index (χ2n) is 5.26. The molecule has 20 heavy (non-hydrogen) atoms. The van der Waals surface area contributed by atoms with Gasteiger partial charge in [-0.25, -0.2) is 9.97 Å². The molecule has 0 amide bonds. The highest BCUT2D eigenvalue weighted by atomic mass is 15.0. The number of rotatable bonds is 2. The van der Waals surface area contributed by atoms with Crippen LogP contribution < -0.4 is 5.32 Å². The van der Waals surface area contributed by atoms with Gasteiger partial charge in [-0.2, -0.15) is 0 Å². The summed E-state index contributed by atoms with van der Waals surface area (Å²) in [5, 5.41) is 3.42. The average Bonchev–Trinajstić information content (AvgIpc) is 2.81. The topological polar surface area (TPSA) is 53.6 Å². The Hall–Kier alpha value is -2.20. The smallest absolute Gasteiger partial charge is 0.126 e. The molecular formula is C16H16N4. The van der Waals surface area contributed by atoms with E-state index < -0.39 is 0 Å². The van der Waals surface area contributed by atoms with Crippen molar-refractivity contribution in [3.8, 4) is 11.3 Å². The number of fused-ring (bicyclic) bond motifs is 1. The van der Waals surface area contributed by atoms with E-state index in [0.717, 1.165) is 41.2 Å². The molecule has 3 aromatic rings. The van der Waals surface area contributed by atoms with Crippen molar-refractivity contribution in [3.63, 3.8) is 0 Å². The second kappa shape index (κ2) is 4.42. The van der Waals surface area contributed by atoms with Crippen molar-refractivity contribution in [1.29, 1.82) is 0 Å². The lowest BCUT2D eigenvalue weighted by atomic mass is 10.0. The lowest BCUT2D eigenvalue weighted by Gasteiger charge is -2.27. The molecule has 1 unspecified atom stereocenters. The van der Waals surface area contributed by atoms with Crippen LogP contribution in [0.3, 0.4) is 0 Å². The average molecular weight is 264 g/mol. The van der Waals surface area contributed by atoms with Crippen LogP contribution in [0.5, 0.6) is 0 Å². The van der Waals surface area contributed by atoms with Gasteiger partial charge in [-0.15, -0.1) is 0 Å². The maximum absolute atomic E-state index is 4.63. The largest absolute Gasteiger partial charge is 0.352 e. The van der Waals surface area contributed by atoms with Crippen molar-refractivity contribution >= 4 is 11.0 Å². The van der Waals surface area contributed by atoms with Crippen LogP contribution in [0.1, 0.15) is 24.0 Å². The summed E-state index contributed by atoms with van der Waals surface area (Å²) in [6, 6.07) is 12.8. The molecule has 4 heteroatoms. The van der Waals surface area contributed by atoms with Crippen LogP contribution in [0.4, 0.5) is 0 Å². The highest BCUT2D eigenvalue weighted by molar-refractivity contribution is 5.84. The number of hydrogen-bond donors (Lipinski definition) is 2. The molecule has 2 N–H and O–H groups in total. The van der Waals surface area contributed by atoms with E-state index in [1.54, 1.807) is 0 Å². The number of aryl methyl sites for hydroxylation is 1. The lowest BCUT2D eigenvalue weighted by Crippen LogP contribution is -2.35. The van der Waals surface area contributed by atoms with E-state index in [4.69, 9.17) is 0 Å². The third-order valence-electron chi connectivity index (χ3n) is 3.86. The van der Waals surface area contributed by atoms with E-state index in [1.165, 1.54) is 5.56 Å². The van der Waals surface area contributed by atoms with Gasteiger partial charge in [0.2, 0.25) is 0 Å². The highest BCUT2D eigenvalue weighted by Crippen LogP contribution is 2.30. The van der Waals surface area contributed by atoms with E-state index in [0.29, 0.717) is 6.04 Å². The van der Waals surface area contributed by atoms with Crippen molar-refractivity contribution in [2.45, 2.75) is 19.4 Å². The Bertz CT molecular complexity index is 757. The molecule has 4 nitrogen and oxygen atoms in total. The lowest BCUT2D eigenvalue weighted by molar-refractivity contribution is 0.376. The van der Waals surface area contributed by atoms with Gasteiger partial charge in [-0.1, -0.05) is 30.3 Å². The van der Waals surface area contributed by atoms with Gasteiger partial charge >= 0.3 is 0 Å². The first-order chi connectivity index (χ1) is 9.81. The molecule has 0 bridgehead atoms. The Morgan fingerprint density at radius 2 is 1.95 bits per heavy atom. The van der Waals surface area contributed by atoms with Gasteiger partial charge in [0.15, 0.2) is 0 Å². The summed E-state index contributed by atoms with van der Waals surface area (Å²) in [6.07, 6.45) is 1.14. The highest BCUT2D eigenvalue weighted by Gasteiger charge is 2.24.